The molecule has 0 saturated carbocycles. The molecule has 1 aromatic rings. The van der Waals surface area contributed by atoms with Crippen LogP contribution in [0, 0.1) is 0 Å². The van der Waals surface area contributed by atoms with E-state index in [4.69, 9.17) is 18.9 Å². The van der Waals surface area contributed by atoms with Crippen molar-refractivity contribution in [2.45, 2.75) is 29.9 Å². The number of nitrogens with zero attached hydrogens (tertiary/aromatic N) is 1. The van der Waals surface area contributed by atoms with E-state index < -0.39 is 15.8 Å². The Kier molecular flexibility index (Phi) is 4.16. The van der Waals surface area contributed by atoms with Gasteiger partial charge in [0.2, 0.25) is 10.0 Å². The van der Waals surface area contributed by atoms with Crippen LogP contribution in [0.1, 0.15) is 19.3 Å². The molecule has 1 spiro atoms. The first-order valence-electron chi connectivity index (χ1n) is 8.27. The van der Waals surface area contributed by atoms with E-state index in [1.807, 2.05) is 0 Å². The smallest absolute Gasteiger partial charge is 0.243 e. The maximum atomic E-state index is 12.9. The standard InChI is InChI=1S/C16H21NO6S/c18-24(19,13-2-3-14-15(12-13)21-11-10-20-14)17-6-4-16(5-7-17)22-8-1-9-23-16/h2-3,12H,1,4-11H2. The van der Waals surface area contributed by atoms with Crippen molar-refractivity contribution in [3.05, 3.63) is 18.2 Å². The molecular weight excluding hydrogens is 334 g/mol. The van der Waals surface area contributed by atoms with Crippen LogP contribution in [0.5, 0.6) is 11.5 Å². The molecule has 0 radical (unpaired) electrons. The summed E-state index contributed by atoms with van der Waals surface area (Å²) in [6.07, 6.45) is 1.99. The number of fused-ring (bicyclic) bond motifs is 1. The summed E-state index contributed by atoms with van der Waals surface area (Å²) in [6, 6.07) is 4.77. The van der Waals surface area contributed by atoms with E-state index in [0.717, 1.165) is 6.42 Å². The van der Waals surface area contributed by atoms with Crippen LogP contribution in [0.4, 0.5) is 0 Å². The second-order valence-corrected chi connectivity index (χ2v) is 8.11. The van der Waals surface area contributed by atoms with Gasteiger partial charge in [0.15, 0.2) is 17.3 Å². The van der Waals surface area contributed by atoms with Gasteiger partial charge in [-0.05, 0) is 18.6 Å². The molecule has 2 saturated heterocycles. The van der Waals surface area contributed by atoms with Gasteiger partial charge in [0.25, 0.3) is 0 Å². The highest BCUT2D eigenvalue weighted by molar-refractivity contribution is 7.89. The first-order chi connectivity index (χ1) is 11.6. The van der Waals surface area contributed by atoms with Crippen molar-refractivity contribution in [3.8, 4) is 11.5 Å². The highest BCUT2D eigenvalue weighted by Gasteiger charge is 2.41. The minimum Gasteiger partial charge on any atom is -0.486 e. The maximum Gasteiger partial charge on any atom is 0.243 e. The Morgan fingerprint density at radius 3 is 2.29 bits per heavy atom. The molecule has 3 heterocycles. The van der Waals surface area contributed by atoms with E-state index >= 15 is 0 Å². The average molecular weight is 355 g/mol. The topological polar surface area (TPSA) is 74.3 Å². The lowest BCUT2D eigenvalue weighted by Crippen LogP contribution is -2.51. The monoisotopic (exact) mass is 355 g/mol. The molecular formula is C16H21NO6S. The molecule has 0 aromatic heterocycles. The molecule has 3 aliphatic heterocycles. The molecule has 0 atom stereocenters. The Morgan fingerprint density at radius 2 is 1.58 bits per heavy atom. The summed E-state index contributed by atoms with van der Waals surface area (Å²) < 4.78 is 49.7. The lowest BCUT2D eigenvalue weighted by Gasteiger charge is -2.42. The van der Waals surface area contributed by atoms with Gasteiger partial charge in [-0.25, -0.2) is 8.42 Å². The molecule has 0 N–H and O–H groups in total. The van der Waals surface area contributed by atoms with E-state index in [-0.39, 0.29) is 4.90 Å². The van der Waals surface area contributed by atoms with Crippen molar-refractivity contribution in [3.63, 3.8) is 0 Å². The highest BCUT2D eigenvalue weighted by atomic mass is 32.2. The van der Waals surface area contributed by atoms with Crippen molar-refractivity contribution < 1.29 is 27.4 Å². The first-order valence-corrected chi connectivity index (χ1v) is 9.71. The number of benzene rings is 1. The van der Waals surface area contributed by atoms with Gasteiger partial charge < -0.3 is 18.9 Å². The Morgan fingerprint density at radius 1 is 0.917 bits per heavy atom. The van der Waals surface area contributed by atoms with Gasteiger partial charge in [-0.3, -0.25) is 0 Å². The van der Waals surface area contributed by atoms with E-state index in [0.29, 0.717) is 63.9 Å². The Balaban J connectivity index is 1.51. The minimum atomic E-state index is -3.56. The predicted octanol–water partition coefficient (Wildman–Crippen LogP) is 1.38. The van der Waals surface area contributed by atoms with Crippen LogP contribution >= 0.6 is 0 Å². The fourth-order valence-electron chi connectivity index (χ4n) is 3.31. The van der Waals surface area contributed by atoms with E-state index in [9.17, 15) is 8.42 Å². The van der Waals surface area contributed by atoms with Gasteiger partial charge in [-0.2, -0.15) is 4.31 Å². The van der Waals surface area contributed by atoms with Gasteiger partial charge in [-0.15, -0.1) is 0 Å². The molecule has 0 unspecified atom stereocenters. The molecule has 24 heavy (non-hydrogen) atoms. The molecule has 0 amide bonds. The number of rotatable bonds is 2. The zero-order chi connectivity index (χ0) is 16.6. The second-order valence-electron chi connectivity index (χ2n) is 6.17. The van der Waals surface area contributed by atoms with Gasteiger partial charge in [-0.1, -0.05) is 0 Å². The van der Waals surface area contributed by atoms with Crippen LogP contribution in [-0.4, -0.2) is 58.0 Å². The van der Waals surface area contributed by atoms with Gasteiger partial charge >= 0.3 is 0 Å². The lowest BCUT2D eigenvalue weighted by atomic mass is 10.0. The molecule has 132 valence electrons. The number of ether oxygens (including phenoxy) is 4. The van der Waals surface area contributed by atoms with Crippen LogP contribution in [0.25, 0.3) is 0 Å². The first kappa shape index (κ1) is 16.1. The van der Waals surface area contributed by atoms with Crippen molar-refractivity contribution >= 4 is 10.0 Å². The lowest BCUT2D eigenvalue weighted by molar-refractivity contribution is -0.280. The van der Waals surface area contributed by atoms with Crippen LogP contribution in [-0.2, 0) is 19.5 Å². The predicted molar refractivity (Wildman–Crippen MR) is 84.7 cm³/mol. The van der Waals surface area contributed by atoms with Crippen LogP contribution in [0.2, 0.25) is 0 Å². The van der Waals surface area contributed by atoms with Gasteiger partial charge in [0.1, 0.15) is 13.2 Å². The van der Waals surface area contributed by atoms with Crippen LogP contribution in [0.3, 0.4) is 0 Å². The fraction of sp³-hybridized carbons (Fsp3) is 0.625. The summed E-state index contributed by atoms with van der Waals surface area (Å²) in [5, 5.41) is 0. The molecule has 1 aromatic carbocycles. The van der Waals surface area contributed by atoms with Gasteiger partial charge in [0, 0.05) is 32.0 Å². The van der Waals surface area contributed by atoms with Crippen molar-refractivity contribution in [1.29, 1.82) is 0 Å². The molecule has 3 aliphatic rings. The molecule has 7 nitrogen and oxygen atoms in total. The summed E-state index contributed by atoms with van der Waals surface area (Å²) in [5.41, 5.74) is 0. The average Bonchev–Trinajstić information content (AvgIpc) is 2.62. The molecule has 8 heteroatoms. The minimum absolute atomic E-state index is 0.230. The Hall–Kier alpha value is -1.35. The third-order valence-electron chi connectivity index (χ3n) is 4.65. The van der Waals surface area contributed by atoms with Crippen LogP contribution in [0.15, 0.2) is 23.1 Å². The second kappa shape index (κ2) is 6.18. The highest BCUT2D eigenvalue weighted by Crippen LogP contribution is 2.36. The largest absolute Gasteiger partial charge is 0.486 e. The Bertz CT molecular complexity index is 703. The third-order valence-corrected chi connectivity index (χ3v) is 6.55. The van der Waals surface area contributed by atoms with Crippen molar-refractivity contribution in [2.24, 2.45) is 0 Å². The fourth-order valence-corrected chi connectivity index (χ4v) is 4.76. The quantitative estimate of drug-likeness (QED) is 0.798. The summed E-state index contributed by atoms with van der Waals surface area (Å²) in [7, 11) is -3.56. The van der Waals surface area contributed by atoms with E-state index in [1.54, 1.807) is 18.2 Å². The molecule has 4 rings (SSSR count). The zero-order valence-corrected chi connectivity index (χ0v) is 14.2. The van der Waals surface area contributed by atoms with Crippen molar-refractivity contribution in [2.75, 3.05) is 39.5 Å². The van der Waals surface area contributed by atoms with E-state index in [1.165, 1.54) is 4.31 Å². The number of hydrogen-bond acceptors (Lipinski definition) is 6. The molecule has 0 aliphatic carbocycles. The SMILES string of the molecule is O=S(=O)(c1ccc2c(c1)OCCO2)N1CCC2(CC1)OCCCO2. The number of hydrogen-bond donors (Lipinski definition) is 0. The zero-order valence-electron chi connectivity index (χ0n) is 13.4. The van der Waals surface area contributed by atoms with Crippen molar-refractivity contribution in [1.82, 2.24) is 4.31 Å². The summed E-state index contributed by atoms with van der Waals surface area (Å²) >= 11 is 0. The van der Waals surface area contributed by atoms with Gasteiger partial charge in [0.05, 0.1) is 18.1 Å². The molecule has 2 fully saturated rings. The number of piperidine rings is 1. The summed E-state index contributed by atoms with van der Waals surface area (Å²) in [5.74, 6) is 0.466. The van der Waals surface area contributed by atoms with E-state index in [2.05, 4.69) is 0 Å². The maximum absolute atomic E-state index is 12.9. The summed E-state index contributed by atoms with van der Waals surface area (Å²) in [6.45, 7) is 3.03. The third kappa shape index (κ3) is 2.88. The summed E-state index contributed by atoms with van der Waals surface area (Å²) in [4.78, 5) is 0.230. The van der Waals surface area contributed by atoms with Crippen LogP contribution < -0.4 is 9.47 Å². The number of sulfonamides is 1. The Labute approximate surface area is 141 Å². The normalized spacial score (nSPS) is 24.0. The molecule has 0 bridgehead atoms.